The molecule has 1 aromatic carbocycles. The highest BCUT2D eigenvalue weighted by atomic mass is 16.2. The fourth-order valence-electron chi connectivity index (χ4n) is 5.19. The highest BCUT2D eigenvalue weighted by molar-refractivity contribution is 6.22. The third-order valence-corrected chi connectivity index (χ3v) is 6.49. The normalized spacial score (nSPS) is 32.5. The number of carbonyl (C=O) groups excluding carboxylic acids is 3. The standard InChI is InChI=1S/C21H22N2O3/c24-19(22-10-2-1-3-11-22)13-6-8-16(9-7-13)23-20(25)17-14-4-5-15(12-14)18(17)21(23)26/h4-9,14-15,17-18H,1-3,10-12H2/t14-,15-,17+,18+/m1/s1. The summed E-state index contributed by atoms with van der Waals surface area (Å²) >= 11 is 0. The van der Waals surface area contributed by atoms with E-state index in [1.54, 1.807) is 24.3 Å². The molecule has 0 N–H and O–H groups in total. The van der Waals surface area contributed by atoms with E-state index in [9.17, 15) is 14.4 Å². The molecule has 4 aliphatic rings. The summed E-state index contributed by atoms with van der Waals surface area (Å²) in [5.74, 6) is -0.0644. The van der Waals surface area contributed by atoms with Gasteiger partial charge in [-0.25, -0.2) is 0 Å². The number of imide groups is 1. The quantitative estimate of drug-likeness (QED) is 0.609. The molecule has 2 aliphatic carbocycles. The van der Waals surface area contributed by atoms with E-state index in [-0.39, 0.29) is 41.4 Å². The van der Waals surface area contributed by atoms with Gasteiger partial charge in [-0.05, 0) is 61.8 Å². The van der Waals surface area contributed by atoms with Gasteiger partial charge in [-0.1, -0.05) is 12.2 Å². The number of nitrogens with zero attached hydrogens (tertiary/aromatic N) is 2. The minimum absolute atomic E-state index is 0.0365. The van der Waals surface area contributed by atoms with E-state index < -0.39 is 0 Å². The Kier molecular flexibility index (Phi) is 3.52. The van der Waals surface area contributed by atoms with Gasteiger partial charge in [0, 0.05) is 18.7 Å². The maximum Gasteiger partial charge on any atom is 0.253 e. The van der Waals surface area contributed by atoms with Crippen molar-refractivity contribution in [2.24, 2.45) is 23.7 Å². The number of piperidine rings is 1. The van der Waals surface area contributed by atoms with Gasteiger partial charge in [-0.15, -0.1) is 0 Å². The van der Waals surface area contributed by atoms with Gasteiger partial charge in [-0.3, -0.25) is 19.3 Å². The summed E-state index contributed by atoms with van der Waals surface area (Å²) in [6.45, 7) is 1.62. The van der Waals surface area contributed by atoms with Crippen molar-refractivity contribution >= 4 is 23.4 Å². The van der Waals surface area contributed by atoms with Crippen LogP contribution in [0.4, 0.5) is 5.69 Å². The molecule has 5 nitrogen and oxygen atoms in total. The van der Waals surface area contributed by atoms with Gasteiger partial charge in [0.2, 0.25) is 11.8 Å². The third kappa shape index (κ3) is 2.19. The molecule has 2 aliphatic heterocycles. The van der Waals surface area contributed by atoms with Gasteiger partial charge in [-0.2, -0.15) is 0 Å². The van der Waals surface area contributed by atoms with Gasteiger partial charge in [0.25, 0.3) is 5.91 Å². The Morgan fingerprint density at radius 2 is 1.42 bits per heavy atom. The average Bonchev–Trinajstić information content (AvgIpc) is 3.36. The number of hydrogen-bond donors (Lipinski definition) is 0. The summed E-state index contributed by atoms with van der Waals surface area (Å²) in [5, 5.41) is 0. The molecule has 134 valence electrons. The topological polar surface area (TPSA) is 57.7 Å². The highest BCUT2D eigenvalue weighted by Gasteiger charge is 2.59. The van der Waals surface area contributed by atoms with Crippen LogP contribution in [-0.4, -0.2) is 35.7 Å². The number of allylic oxidation sites excluding steroid dienone is 2. The van der Waals surface area contributed by atoms with Crippen molar-refractivity contribution in [1.29, 1.82) is 0 Å². The fourth-order valence-corrected chi connectivity index (χ4v) is 5.19. The molecule has 2 heterocycles. The molecule has 0 radical (unpaired) electrons. The second-order valence-electron chi connectivity index (χ2n) is 7.91. The molecule has 1 saturated carbocycles. The van der Waals surface area contributed by atoms with Gasteiger partial charge < -0.3 is 4.90 Å². The fraction of sp³-hybridized carbons (Fsp3) is 0.476. The molecule has 0 unspecified atom stereocenters. The first-order valence-electron chi connectivity index (χ1n) is 9.60. The lowest BCUT2D eigenvalue weighted by Gasteiger charge is -2.27. The van der Waals surface area contributed by atoms with Crippen molar-refractivity contribution in [3.8, 4) is 0 Å². The minimum Gasteiger partial charge on any atom is -0.339 e. The molecular weight excluding hydrogens is 328 g/mol. The lowest BCUT2D eigenvalue weighted by atomic mass is 9.85. The number of carbonyl (C=O) groups is 3. The predicted octanol–water partition coefficient (Wildman–Crippen LogP) is 2.62. The van der Waals surface area contributed by atoms with Gasteiger partial charge in [0.1, 0.15) is 0 Å². The van der Waals surface area contributed by atoms with Crippen molar-refractivity contribution in [2.45, 2.75) is 25.7 Å². The van der Waals surface area contributed by atoms with Crippen LogP contribution in [0.3, 0.4) is 0 Å². The number of fused-ring (bicyclic) bond motifs is 5. The molecule has 5 heteroatoms. The molecule has 3 fully saturated rings. The van der Waals surface area contributed by atoms with Crippen LogP contribution in [0, 0.1) is 23.7 Å². The zero-order chi connectivity index (χ0) is 17.8. The second-order valence-corrected chi connectivity index (χ2v) is 7.91. The Morgan fingerprint density at radius 1 is 0.846 bits per heavy atom. The van der Waals surface area contributed by atoms with E-state index >= 15 is 0 Å². The van der Waals surface area contributed by atoms with Crippen LogP contribution in [-0.2, 0) is 9.59 Å². The summed E-state index contributed by atoms with van der Waals surface area (Å²) in [7, 11) is 0. The first-order chi connectivity index (χ1) is 12.6. The second kappa shape index (κ2) is 5.79. The van der Waals surface area contributed by atoms with E-state index in [1.165, 1.54) is 11.3 Å². The lowest BCUT2D eigenvalue weighted by molar-refractivity contribution is -0.123. The van der Waals surface area contributed by atoms with E-state index in [0.717, 1.165) is 32.4 Å². The van der Waals surface area contributed by atoms with E-state index in [4.69, 9.17) is 0 Å². The number of hydrogen-bond acceptors (Lipinski definition) is 3. The van der Waals surface area contributed by atoms with Crippen molar-refractivity contribution in [1.82, 2.24) is 4.90 Å². The van der Waals surface area contributed by atoms with E-state index in [2.05, 4.69) is 12.2 Å². The third-order valence-electron chi connectivity index (χ3n) is 6.49. The molecule has 1 aromatic rings. The van der Waals surface area contributed by atoms with Crippen LogP contribution < -0.4 is 4.90 Å². The van der Waals surface area contributed by atoms with Crippen LogP contribution >= 0.6 is 0 Å². The van der Waals surface area contributed by atoms with Gasteiger partial charge in [0.05, 0.1) is 17.5 Å². The zero-order valence-electron chi connectivity index (χ0n) is 14.6. The monoisotopic (exact) mass is 350 g/mol. The first-order valence-corrected chi connectivity index (χ1v) is 9.60. The van der Waals surface area contributed by atoms with Crippen molar-refractivity contribution < 1.29 is 14.4 Å². The maximum atomic E-state index is 12.8. The summed E-state index contributed by atoms with van der Waals surface area (Å²) in [6, 6.07) is 6.97. The van der Waals surface area contributed by atoms with Crippen LogP contribution in [0.5, 0.6) is 0 Å². The molecule has 0 spiro atoms. The molecular formula is C21H22N2O3. The summed E-state index contributed by atoms with van der Waals surface area (Å²) in [6.07, 6.45) is 8.42. The zero-order valence-corrected chi connectivity index (χ0v) is 14.6. The molecule has 4 atom stereocenters. The summed E-state index contributed by atoms with van der Waals surface area (Å²) < 4.78 is 0. The smallest absolute Gasteiger partial charge is 0.253 e. The van der Waals surface area contributed by atoms with E-state index in [0.29, 0.717) is 11.3 Å². The molecule has 0 aromatic heterocycles. The van der Waals surface area contributed by atoms with Crippen LogP contribution in [0.25, 0.3) is 0 Å². The molecule has 26 heavy (non-hydrogen) atoms. The number of rotatable bonds is 2. The number of likely N-dealkylation sites (tertiary alicyclic amines) is 1. The number of amides is 3. The van der Waals surface area contributed by atoms with Crippen molar-refractivity contribution in [2.75, 3.05) is 18.0 Å². The van der Waals surface area contributed by atoms with Crippen LogP contribution in [0.15, 0.2) is 36.4 Å². The van der Waals surface area contributed by atoms with E-state index in [1.807, 2.05) is 4.90 Å². The number of anilines is 1. The molecule has 2 bridgehead atoms. The Balaban J connectivity index is 1.37. The number of benzene rings is 1. The lowest BCUT2D eigenvalue weighted by Crippen LogP contribution is -2.35. The largest absolute Gasteiger partial charge is 0.339 e. The Bertz CT molecular complexity index is 777. The highest BCUT2D eigenvalue weighted by Crippen LogP contribution is 2.53. The predicted molar refractivity (Wildman–Crippen MR) is 96.4 cm³/mol. The first kappa shape index (κ1) is 15.8. The molecule has 2 saturated heterocycles. The van der Waals surface area contributed by atoms with Crippen LogP contribution in [0.2, 0.25) is 0 Å². The molecule has 3 amide bonds. The van der Waals surface area contributed by atoms with Crippen molar-refractivity contribution in [3.63, 3.8) is 0 Å². The van der Waals surface area contributed by atoms with Crippen LogP contribution in [0.1, 0.15) is 36.0 Å². The Labute approximate surface area is 152 Å². The van der Waals surface area contributed by atoms with Gasteiger partial charge in [0.15, 0.2) is 0 Å². The molecule has 5 rings (SSSR count). The maximum absolute atomic E-state index is 12.8. The minimum atomic E-state index is -0.188. The Morgan fingerprint density at radius 3 is 2.00 bits per heavy atom. The van der Waals surface area contributed by atoms with Gasteiger partial charge >= 0.3 is 0 Å². The Hall–Kier alpha value is -2.43. The summed E-state index contributed by atoms with van der Waals surface area (Å²) in [5.41, 5.74) is 1.21. The average molecular weight is 350 g/mol. The summed E-state index contributed by atoms with van der Waals surface area (Å²) in [4.78, 5) is 41.5. The van der Waals surface area contributed by atoms with Crippen molar-refractivity contribution in [3.05, 3.63) is 42.0 Å². The SMILES string of the molecule is O=C(c1ccc(N2C(=O)[C@@H]3[C@@H](C2=O)[C@@H]2C=C[C@@H]3C2)cc1)N1CCCCC1.